The molecule has 3 rings (SSSR count). The Morgan fingerprint density at radius 3 is 2.41 bits per heavy atom. The largest absolute Gasteiger partial charge is 0.573 e. The van der Waals surface area contributed by atoms with Crippen molar-refractivity contribution in [2.75, 3.05) is 37.1 Å². The second-order valence-electron chi connectivity index (χ2n) is 7.28. The van der Waals surface area contributed by atoms with Gasteiger partial charge in [-0.25, -0.2) is 18.4 Å². The third-order valence-electron chi connectivity index (χ3n) is 4.60. The molecule has 2 heterocycles. The van der Waals surface area contributed by atoms with Gasteiger partial charge in [0.15, 0.2) is 11.5 Å². The summed E-state index contributed by atoms with van der Waals surface area (Å²) in [6, 6.07) is 8.43. The molecule has 0 amide bonds. The third kappa shape index (κ3) is 6.90. The van der Waals surface area contributed by atoms with Gasteiger partial charge in [-0.2, -0.15) is 0 Å². The molecule has 0 radical (unpaired) electrons. The van der Waals surface area contributed by atoms with Crippen molar-refractivity contribution < 1.29 is 31.1 Å². The molecular formula is C21H23F3N4O5S. The Balaban J connectivity index is 1.98. The number of halogens is 3. The highest BCUT2D eigenvalue weighted by Crippen LogP contribution is 2.26. The summed E-state index contributed by atoms with van der Waals surface area (Å²) in [5.74, 6) is -0.552. The second-order valence-corrected chi connectivity index (χ2v) is 9.54. The Labute approximate surface area is 193 Å². The number of nitrogens with zero attached hydrogens (tertiary/aromatic N) is 3. The molecule has 3 aromatic rings. The first kappa shape index (κ1) is 25.4. The van der Waals surface area contributed by atoms with E-state index in [4.69, 9.17) is 4.74 Å². The number of ether oxygens (including phenoxy) is 2. The molecule has 9 nitrogen and oxygen atoms in total. The summed E-state index contributed by atoms with van der Waals surface area (Å²) < 4.78 is 70.6. The van der Waals surface area contributed by atoms with Crippen LogP contribution in [0.25, 0.3) is 22.4 Å². The summed E-state index contributed by atoms with van der Waals surface area (Å²) >= 11 is 0. The number of hydrogen-bond donors (Lipinski definition) is 1. The van der Waals surface area contributed by atoms with Crippen LogP contribution < -0.4 is 15.6 Å². The monoisotopic (exact) mass is 500 g/mol. The Hall–Kier alpha value is -3.19. The summed E-state index contributed by atoms with van der Waals surface area (Å²) in [4.78, 5) is 21.8. The predicted molar refractivity (Wildman–Crippen MR) is 121 cm³/mol. The van der Waals surface area contributed by atoms with Gasteiger partial charge in [-0.15, -0.1) is 13.2 Å². The number of fused-ring (bicyclic) bond motifs is 1. The quantitative estimate of drug-likeness (QED) is 0.423. The molecule has 0 aliphatic rings. The molecule has 0 unspecified atom stereocenters. The van der Waals surface area contributed by atoms with Gasteiger partial charge in [0.25, 0.3) is 5.56 Å². The standard InChI is InChI=1S/C21H23F3N4O5S/c1-3-32-12-11-28-19-17(26-18(20(28)29)25-10-13-34(2,30)31)9-8-16(27-19)14-4-6-15(7-5-14)33-21(22,23)24/h4-9H,3,10-13H2,1-2H3,(H,25,26). The lowest BCUT2D eigenvalue weighted by Gasteiger charge is -2.14. The number of anilines is 1. The van der Waals surface area contributed by atoms with E-state index in [0.717, 1.165) is 6.26 Å². The SMILES string of the molecule is CCOCCn1c(=O)c(NCCS(C)(=O)=O)nc2ccc(-c3ccc(OC(F)(F)F)cc3)nc21. The summed E-state index contributed by atoms with van der Waals surface area (Å²) in [6.07, 6.45) is -3.70. The first-order chi connectivity index (χ1) is 16.0. The van der Waals surface area contributed by atoms with Gasteiger partial charge in [0, 0.05) is 25.0 Å². The number of rotatable bonds is 10. The van der Waals surface area contributed by atoms with Crippen molar-refractivity contribution in [3.63, 3.8) is 0 Å². The van der Waals surface area contributed by atoms with E-state index in [0.29, 0.717) is 23.4 Å². The van der Waals surface area contributed by atoms with Crippen molar-refractivity contribution in [2.24, 2.45) is 0 Å². The van der Waals surface area contributed by atoms with Crippen LogP contribution in [0.15, 0.2) is 41.2 Å². The number of pyridine rings is 1. The van der Waals surface area contributed by atoms with E-state index < -0.39 is 21.8 Å². The van der Waals surface area contributed by atoms with Crippen LogP contribution in [0.5, 0.6) is 5.75 Å². The van der Waals surface area contributed by atoms with Crippen molar-refractivity contribution in [2.45, 2.75) is 19.8 Å². The predicted octanol–water partition coefficient (Wildman–Crippen LogP) is 2.85. The molecule has 0 aliphatic heterocycles. The van der Waals surface area contributed by atoms with Gasteiger partial charge in [0.2, 0.25) is 0 Å². The summed E-state index contributed by atoms with van der Waals surface area (Å²) in [5.41, 5.74) is 1.05. The first-order valence-electron chi connectivity index (χ1n) is 10.2. The van der Waals surface area contributed by atoms with Crippen LogP contribution in [0.3, 0.4) is 0 Å². The number of benzene rings is 1. The fraction of sp³-hybridized carbons (Fsp3) is 0.381. The molecule has 0 saturated heterocycles. The lowest BCUT2D eigenvalue weighted by atomic mass is 10.1. The van der Waals surface area contributed by atoms with E-state index in [2.05, 4.69) is 20.0 Å². The maximum Gasteiger partial charge on any atom is 0.573 e. The van der Waals surface area contributed by atoms with Gasteiger partial charge in [0.05, 0.1) is 24.6 Å². The Bertz CT molecular complexity index is 1310. The molecule has 0 atom stereocenters. The van der Waals surface area contributed by atoms with Crippen LogP contribution in [0.1, 0.15) is 6.92 Å². The smallest absolute Gasteiger partial charge is 0.406 e. The summed E-state index contributed by atoms with van der Waals surface area (Å²) in [7, 11) is -3.23. The summed E-state index contributed by atoms with van der Waals surface area (Å²) in [6.45, 7) is 2.67. The van der Waals surface area contributed by atoms with Crippen LogP contribution in [0.2, 0.25) is 0 Å². The van der Waals surface area contributed by atoms with E-state index in [9.17, 15) is 26.4 Å². The van der Waals surface area contributed by atoms with Crippen LogP contribution >= 0.6 is 0 Å². The van der Waals surface area contributed by atoms with E-state index >= 15 is 0 Å². The van der Waals surface area contributed by atoms with E-state index in [1.54, 1.807) is 12.1 Å². The van der Waals surface area contributed by atoms with Gasteiger partial charge in [-0.3, -0.25) is 9.36 Å². The number of sulfone groups is 1. The highest BCUT2D eigenvalue weighted by molar-refractivity contribution is 7.90. The van der Waals surface area contributed by atoms with Crippen molar-refractivity contribution in [1.29, 1.82) is 0 Å². The fourth-order valence-electron chi connectivity index (χ4n) is 3.08. The number of nitrogens with one attached hydrogen (secondary N) is 1. The minimum Gasteiger partial charge on any atom is -0.406 e. The molecule has 0 bridgehead atoms. The number of alkyl halides is 3. The fourth-order valence-corrected chi connectivity index (χ4v) is 3.56. The van der Waals surface area contributed by atoms with Crippen LogP contribution in [-0.2, 0) is 21.1 Å². The minimum atomic E-state index is -4.79. The highest BCUT2D eigenvalue weighted by atomic mass is 32.2. The molecule has 34 heavy (non-hydrogen) atoms. The summed E-state index contributed by atoms with van der Waals surface area (Å²) in [5, 5.41) is 2.77. The lowest BCUT2D eigenvalue weighted by Crippen LogP contribution is -2.29. The Morgan fingerprint density at radius 2 is 1.79 bits per heavy atom. The minimum absolute atomic E-state index is 0.00982. The average molecular weight is 500 g/mol. The number of hydrogen-bond acceptors (Lipinski definition) is 8. The zero-order valence-electron chi connectivity index (χ0n) is 18.4. The second kappa shape index (κ2) is 10.4. The van der Waals surface area contributed by atoms with Crippen molar-refractivity contribution in [3.8, 4) is 17.0 Å². The van der Waals surface area contributed by atoms with E-state index in [-0.39, 0.29) is 42.7 Å². The highest BCUT2D eigenvalue weighted by Gasteiger charge is 2.31. The molecule has 1 aromatic carbocycles. The van der Waals surface area contributed by atoms with E-state index in [1.165, 1.54) is 28.8 Å². The Morgan fingerprint density at radius 1 is 1.09 bits per heavy atom. The van der Waals surface area contributed by atoms with E-state index in [1.807, 2.05) is 6.92 Å². The van der Waals surface area contributed by atoms with Crippen molar-refractivity contribution in [1.82, 2.24) is 14.5 Å². The van der Waals surface area contributed by atoms with Gasteiger partial charge in [-0.05, 0) is 43.3 Å². The molecule has 0 spiro atoms. The van der Waals surface area contributed by atoms with Gasteiger partial charge in [0.1, 0.15) is 21.1 Å². The zero-order chi connectivity index (χ0) is 24.9. The molecule has 13 heteroatoms. The normalized spacial score (nSPS) is 12.1. The molecule has 2 aromatic heterocycles. The van der Waals surface area contributed by atoms with Crippen LogP contribution in [-0.4, -0.2) is 61.1 Å². The van der Waals surface area contributed by atoms with Gasteiger partial charge >= 0.3 is 6.36 Å². The zero-order valence-corrected chi connectivity index (χ0v) is 19.2. The number of aromatic nitrogens is 3. The average Bonchev–Trinajstić information content (AvgIpc) is 2.74. The maximum atomic E-state index is 13.0. The molecule has 0 fully saturated rings. The topological polar surface area (TPSA) is 112 Å². The third-order valence-corrected chi connectivity index (χ3v) is 5.55. The first-order valence-corrected chi connectivity index (χ1v) is 12.3. The van der Waals surface area contributed by atoms with Gasteiger partial charge < -0.3 is 14.8 Å². The molecule has 184 valence electrons. The van der Waals surface area contributed by atoms with Crippen LogP contribution in [0, 0.1) is 0 Å². The molecule has 0 saturated carbocycles. The Kier molecular flexibility index (Phi) is 7.77. The molecule has 0 aliphatic carbocycles. The van der Waals surface area contributed by atoms with Crippen LogP contribution in [0.4, 0.5) is 19.0 Å². The van der Waals surface area contributed by atoms with Gasteiger partial charge in [-0.1, -0.05) is 0 Å². The van der Waals surface area contributed by atoms with Crippen molar-refractivity contribution >= 4 is 26.8 Å². The lowest BCUT2D eigenvalue weighted by molar-refractivity contribution is -0.274. The molecule has 1 N–H and O–H groups in total. The van der Waals surface area contributed by atoms with Crippen molar-refractivity contribution in [3.05, 3.63) is 46.8 Å². The maximum absolute atomic E-state index is 13.0. The molecular weight excluding hydrogens is 477 g/mol.